The van der Waals surface area contributed by atoms with Crippen LogP contribution in [0.3, 0.4) is 0 Å². The number of thioether (sulfide) groups is 1. The van der Waals surface area contributed by atoms with Crippen molar-refractivity contribution in [1.29, 1.82) is 0 Å². The van der Waals surface area contributed by atoms with Gasteiger partial charge in [-0.15, -0.1) is 0 Å². The largest absolute Gasteiger partial charge is 0.444 e. The van der Waals surface area contributed by atoms with E-state index in [4.69, 9.17) is 9.40 Å². The first-order valence-electron chi connectivity index (χ1n) is 9.76. The highest BCUT2D eigenvalue weighted by Crippen LogP contribution is 2.37. The highest BCUT2D eigenvalue weighted by atomic mass is 32.2. The van der Waals surface area contributed by atoms with Gasteiger partial charge in [0, 0.05) is 17.4 Å². The summed E-state index contributed by atoms with van der Waals surface area (Å²) in [5.74, 6) is 1.23. The Kier molecular flexibility index (Phi) is 4.51. The summed E-state index contributed by atoms with van der Waals surface area (Å²) in [4.78, 5) is 22.4. The Balaban J connectivity index is 1.43. The average Bonchev–Trinajstić information content (AvgIpc) is 3.43. The third-order valence-electron chi connectivity index (χ3n) is 5.20. The smallest absolute Gasteiger partial charge is 0.262 e. The minimum Gasteiger partial charge on any atom is -0.444 e. The zero-order valence-electron chi connectivity index (χ0n) is 16.4. The molecule has 1 aliphatic rings. The fourth-order valence-electron chi connectivity index (χ4n) is 3.57. The Hall–Kier alpha value is -2.86. The maximum atomic E-state index is 13.0. The van der Waals surface area contributed by atoms with E-state index in [9.17, 15) is 4.79 Å². The first kappa shape index (κ1) is 18.2. The molecule has 4 aromatic rings. The average molecular weight is 404 g/mol. The number of fused-ring (bicyclic) bond motifs is 1. The molecule has 6 heteroatoms. The van der Waals surface area contributed by atoms with Crippen molar-refractivity contribution in [2.45, 2.75) is 43.6 Å². The summed E-state index contributed by atoms with van der Waals surface area (Å²) in [6.07, 6.45) is 3.77. The third kappa shape index (κ3) is 3.49. The second-order valence-corrected chi connectivity index (χ2v) is 8.51. The molecule has 0 N–H and O–H groups in total. The van der Waals surface area contributed by atoms with Crippen molar-refractivity contribution in [1.82, 2.24) is 14.5 Å². The van der Waals surface area contributed by atoms with E-state index in [-0.39, 0.29) is 11.6 Å². The molecular weight excluding hydrogens is 382 g/mol. The van der Waals surface area contributed by atoms with Crippen LogP contribution in [0.5, 0.6) is 0 Å². The maximum Gasteiger partial charge on any atom is 0.262 e. The topological polar surface area (TPSA) is 60.9 Å². The Labute approximate surface area is 172 Å². The van der Waals surface area contributed by atoms with Gasteiger partial charge in [0.25, 0.3) is 5.56 Å². The van der Waals surface area contributed by atoms with Crippen LogP contribution in [-0.2, 0) is 5.75 Å². The number of hydrogen-bond acceptors (Lipinski definition) is 5. The van der Waals surface area contributed by atoms with Crippen LogP contribution in [-0.4, -0.2) is 14.5 Å². The van der Waals surface area contributed by atoms with E-state index in [1.165, 1.54) is 5.56 Å². The Morgan fingerprint density at radius 2 is 1.97 bits per heavy atom. The second kappa shape index (κ2) is 7.19. The molecule has 0 unspecified atom stereocenters. The molecule has 0 atom stereocenters. The molecular formula is C23H21N3O2S. The molecule has 0 spiro atoms. The second-order valence-electron chi connectivity index (χ2n) is 7.57. The molecule has 2 aromatic heterocycles. The third-order valence-corrected chi connectivity index (χ3v) is 6.19. The van der Waals surface area contributed by atoms with Crippen molar-refractivity contribution in [2.24, 2.45) is 0 Å². The SMILES string of the molecule is Cc1ccc(-c2nc(CSc3nc4ccccc4c(=O)n3C3CC3)co2)c(C)c1. The summed E-state index contributed by atoms with van der Waals surface area (Å²) < 4.78 is 7.59. The molecule has 1 saturated carbocycles. The first-order chi connectivity index (χ1) is 14.1. The highest BCUT2D eigenvalue weighted by molar-refractivity contribution is 7.98. The normalized spacial score (nSPS) is 13.9. The number of rotatable bonds is 5. The van der Waals surface area contributed by atoms with Crippen LogP contribution < -0.4 is 5.56 Å². The summed E-state index contributed by atoms with van der Waals surface area (Å²) in [6, 6.07) is 14.1. The molecule has 29 heavy (non-hydrogen) atoms. The lowest BCUT2D eigenvalue weighted by molar-refractivity contribution is 0.573. The lowest BCUT2D eigenvalue weighted by Crippen LogP contribution is -2.22. The molecule has 2 heterocycles. The van der Waals surface area contributed by atoms with Crippen LogP contribution >= 0.6 is 11.8 Å². The van der Waals surface area contributed by atoms with E-state index in [0.717, 1.165) is 40.3 Å². The number of nitrogens with zero attached hydrogens (tertiary/aromatic N) is 3. The van der Waals surface area contributed by atoms with Crippen molar-refractivity contribution in [3.8, 4) is 11.5 Å². The van der Waals surface area contributed by atoms with Gasteiger partial charge in [-0.2, -0.15) is 0 Å². The van der Waals surface area contributed by atoms with E-state index in [1.807, 2.05) is 34.9 Å². The number of oxazole rings is 1. The molecule has 1 fully saturated rings. The lowest BCUT2D eigenvalue weighted by Gasteiger charge is -2.11. The first-order valence-corrected chi connectivity index (χ1v) is 10.7. The van der Waals surface area contributed by atoms with Gasteiger partial charge in [0.2, 0.25) is 5.89 Å². The fraction of sp³-hybridized carbons (Fsp3) is 0.261. The van der Waals surface area contributed by atoms with Gasteiger partial charge in [-0.25, -0.2) is 9.97 Å². The van der Waals surface area contributed by atoms with Gasteiger partial charge < -0.3 is 4.42 Å². The molecule has 1 aliphatic carbocycles. The Morgan fingerprint density at radius 1 is 1.14 bits per heavy atom. The van der Waals surface area contributed by atoms with Crippen LogP contribution in [0.15, 0.2) is 63.1 Å². The molecule has 146 valence electrons. The van der Waals surface area contributed by atoms with Crippen LogP contribution in [0.25, 0.3) is 22.4 Å². The highest BCUT2D eigenvalue weighted by Gasteiger charge is 2.28. The minimum atomic E-state index is 0.0525. The Morgan fingerprint density at radius 3 is 2.76 bits per heavy atom. The van der Waals surface area contributed by atoms with Gasteiger partial charge in [-0.1, -0.05) is 41.6 Å². The van der Waals surface area contributed by atoms with Gasteiger partial charge in [0.1, 0.15) is 6.26 Å². The van der Waals surface area contributed by atoms with E-state index >= 15 is 0 Å². The van der Waals surface area contributed by atoms with Crippen LogP contribution in [0, 0.1) is 13.8 Å². The van der Waals surface area contributed by atoms with Gasteiger partial charge in [-0.05, 0) is 50.5 Å². The lowest BCUT2D eigenvalue weighted by atomic mass is 10.1. The summed E-state index contributed by atoms with van der Waals surface area (Å²) in [6.45, 7) is 4.14. The molecule has 0 radical (unpaired) electrons. The maximum absolute atomic E-state index is 13.0. The van der Waals surface area contributed by atoms with Gasteiger partial charge in [0.15, 0.2) is 5.16 Å². The van der Waals surface area contributed by atoms with Crippen molar-refractivity contribution < 1.29 is 4.42 Å². The molecule has 5 rings (SSSR count). The quantitative estimate of drug-likeness (QED) is 0.334. The standard InChI is InChI=1S/C23H21N3O2S/c1-14-7-10-18(15(2)11-14)21-24-16(12-28-21)13-29-23-25-20-6-4-3-5-19(20)22(27)26(23)17-8-9-17/h3-7,10-12,17H,8-9,13H2,1-2H3. The summed E-state index contributed by atoms with van der Waals surface area (Å²) >= 11 is 1.54. The summed E-state index contributed by atoms with van der Waals surface area (Å²) in [7, 11) is 0. The predicted octanol–water partition coefficient (Wildman–Crippen LogP) is 5.30. The number of aryl methyl sites for hydroxylation is 2. The molecule has 2 aromatic carbocycles. The summed E-state index contributed by atoms with van der Waals surface area (Å²) in [5.41, 5.74) is 5.00. The zero-order chi connectivity index (χ0) is 20.0. The van der Waals surface area contributed by atoms with Crippen LogP contribution in [0.1, 0.15) is 35.7 Å². The number of hydrogen-bond donors (Lipinski definition) is 0. The van der Waals surface area contributed by atoms with Crippen molar-refractivity contribution in [3.63, 3.8) is 0 Å². The van der Waals surface area contributed by atoms with Crippen LogP contribution in [0.2, 0.25) is 0 Å². The van der Waals surface area contributed by atoms with E-state index in [2.05, 4.69) is 31.0 Å². The van der Waals surface area contributed by atoms with Gasteiger partial charge in [0.05, 0.1) is 16.6 Å². The minimum absolute atomic E-state index is 0.0525. The fourth-order valence-corrected chi connectivity index (χ4v) is 4.51. The molecule has 0 aliphatic heterocycles. The van der Waals surface area contributed by atoms with Gasteiger partial charge >= 0.3 is 0 Å². The van der Waals surface area contributed by atoms with Crippen molar-refractivity contribution in [2.75, 3.05) is 0 Å². The number of benzene rings is 2. The molecule has 5 nitrogen and oxygen atoms in total. The summed E-state index contributed by atoms with van der Waals surface area (Å²) in [5, 5.41) is 1.44. The van der Waals surface area contributed by atoms with E-state index in [1.54, 1.807) is 18.0 Å². The van der Waals surface area contributed by atoms with E-state index in [0.29, 0.717) is 17.0 Å². The Bertz CT molecular complexity index is 1270. The zero-order valence-corrected chi connectivity index (χ0v) is 17.2. The molecule has 0 amide bonds. The van der Waals surface area contributed by atoms with Crippen molar-refractivity contribution >= 4 is 22.7 Å². The van der Waals surface area contributed by atoms with Crippen molar-refractivity contribution in [3.05, 3.63) is 75.9 Å². The number of para-hydroxylation sites is 1. The monoisotopic (exact) mass is 403 g/mol. The van der Waals surface area contributed by atoms with E-state index < -0.39 is 0 Å². The molecule has 0 saturated heterocycles. The predicted molar refractivity (Wildman–Crippen MR) is 115 cm³/mol. The van der Waals surface area contributed by atoms with Gasteiger partial charge in [-0.3, -0.25) is 9.36 Å². The molecule has 0 bridgehead atoms. The number of aromatic nitrogens is 3. The van der Waals surface area contributed by atoms with Crippen LogP contribution in [0.4, 0.5) is 0 Å².